The maximum absolute atomic E-state index is 6.57. The second-order valence-electron chi connectivity index (χ2n) is 11.0. The molecule has 2 aromatic rings. The van der Waals surface area contributed by atoms with E-state index in [1.807, 2.05) is 24.3 Å². The van der Waals surface area contributed by atoms with Crippen molar-refractivity contribution in [2.45, 2.75) is 83.0 Å². The molecule has 1 aliphatic carbocycles. The van der Waals surface area contributed by atoms with Gasteiger partial charge in [0.1, 0.15) is 11.6 Å². The van der Waals surface area contributed by atoms with Gasteiger partial charge in [0.15, 0.2) is 0 Å². The van der Waals surface area contributed by atoms with E-state index in [0.29, 0.717) is 29.1 Å². The molecule has 0 aromatic carbocycles. The molecule has 7 nitrogen and oxygen atoms in total. The highest BCUT2D eigenvalue weighted by molar-refractivity contribution is 6.33. The van der Waals surface area contributed by atoms with Gasteiger partial charge in [0, 0.05) is 50.1 Å². The predicted octanol–water partition coefficient (Wildman–Crippen LogP) is 5.76. The Kier molecular flexibility index (Phi) is 9.45. The van der Waals surface area contributed by atoms with Crippen LogP contribution >= 0.6 is 11.6 Å². The van der Waals surface area contributed by atoms with Crippen molar-refractivity contribution >= 4 is 23.2 Å². The van der Waals surface area contributed by atoms with Crippen LogP contribution in [0.25, 0.3) is 11.3 Å². The van der Waals surface area contributed by atoms with Crippen molar-refractivity contribution in [2.24, 2.45) is 5.92 Å². The summed E-state index contributed by atoms with van der Waals surface area (Å²) in [6.07, 6.45) is 8.36. The Morgan fingerprint density at radius 2 is 1.92 bits per heavy atom. The zero-order chi connectivity index (χ0) is 25.5. The van der Waals surface area contributed by atoms with E-state index in [4.69, 9.17) is 26.1 Å². The smallest absolute Gasteiger partial charge is 0.126 e. The molecule has 0 bridgehead atoms. The van der Waals surface area contributed by atoms with Crippen molar-refractivity contribution in [3.05, 3.63) is 35.5 Å². The van der Waals surface area contributed by atoms with Crippen LogP contribution in [0.15, 0.2) is 30.5 Å². The largest absolute Gasteiger partial charge is 0.383 e. The van der Waals surface area contributed by atoms with Gasteiger partial charge in [-0.25, -0.2) is 9.97 Å². The van der Waals surface area contributed by atoms with Crippen LogP contribution in [0.5, 0.6) is 0 Å². The fraction of sp³-hybridized carbons (Fsp3) is 0.643. The number of aromatic nitrogens is 2. The maximum Gasteiger partial charge on any atom is 0.126 e. The molecular formula is C28H42ClN5O2. The Hall–Kier alpha value is -1.93. The number of anilines is 2. The molecule has 3 heterocycles. The summed E-state index contributed by atoms with van der Waals surface area (Å²) in [6.45, 7) is 8.97. The van der Waals surface area contributed by atoms with Gasteiger partial charge in [-0.2, -0.15) is 0 Å². The number of ether oxygens (including phenoxy) is 2. The lowest BCUT2D eigenvalue weighted by Crippen LogP contribution is -2.42. The SMILES string of the molecule is COC[C@@H](C)NC1CCC(Nc2cc(-c3cccc(NCC4CCOC(C)(C)C4)n3)c(Cl)cn2)CC1. The third-order valence-electron chi connectivity index (χ3n) is 7.27. The van der Waals surface area contributed by atoms with E-state index >= 15 is 0 Å². The lowest BCUT2D eigenvalue weighted by atomic mass is 9.88. The van der Waals surface area contributed by atoms with Crippen LogP contribution in [-0.4, -0.2) is 60.6 Å². The molecule has 8 heteroatoms. The van der Waals surface area contributed by atoms with Crippen molar-refractivity contribution < 1.29 is 9.47 Å². The van der Waals surface area contributed by atoms with E-state index in [0.717, 1.165) is 81.2 Å². The molecule has 36 heavy (non-hydrogen) atoms. The molecule has 0 radical (unpaired) electrons. The minimum absolute atomic E-state index is 0.0496. The molecule has 2 fully saturated rings. The van der Waals surface area contributed by atoms with Crippen LogP contribution in [0.4, 0.5) is 11.6 Å². The Labute approximate surface area is 221 Å². The molecule has 0 spiro atoms. The number of hydrogen-bond acceptors (Lipinski definition) is 7. The van der Waals surface area contributed by atoms with Gasteiger partial charge in [0.05, 0.1) is 22.9 Å². The second kappa shape index (κ2) is 12.5. The van der Waals surface area contributed by atoms with Gasteiger partial charge >= 0.3 is 0 Å². The van der Waals surface area contributed by atoms with E-state index in [-0.39, 0.29) is 5.60 Å². The predicted molar refractivity (Wildman–Crippen MR) is 148 cm³/mol. The van der Waals surface area contributed by atoms with Gasteiger partial charge < -0.3 is 25.4 Å². The third-order valence-corrected chi connectivity index (χ3v) is 7.57. The van der Waals surface area contributed by atoms with Crippen molar-refractivity contribution in [2.75, 3.05) is 37.5 Å². The summed E-state index contributed by atoms with van der Waals surface area (Å²) < 4.78 is 11.1. The van der Waals surface area contributed by atoms with E-state index in [2.05, 4.69) is 41.7 Å². The minimum Gasteiger partial charge on any atom is -0.383 e. The highest BCUT2D eigenvalue weighted by Crippen LogP contribution is 2.31. The Bertz CT molecular complexity index is 980. The summed E-state index contributed by atoms with van der Waals surface area (Å²) in [4.78, 5) is 9.42. The van der Waals surface area contributed by atoms with Crippen LogP contribution < -0.4 is 16.0 Å². The average Bonchev–Trinajstić information content (AvgIpc) is 2.85. The van der Waals surface area contributed by atoms with E-state index < -0.39 is 0 Å². The molecule has 0 amide bonds. The molecule has 1 unspecified atom stereocenters. The number of halogens is 1. The quantitative estimate of drug-likeness (QED) is 0.371. The molecule has 1 aliphatic heterocycles. The first kappa shape index (κ1) is 27.1. The van der Waals surface area contributed by atoms with E-state index in [1.165, 1.54) is 0 Å². The van der Waals surface area contributed by atoms with Gasteiger partial charge in [-0.1, -0.05) is 17.7 Å². The first-order valence-corrected chi connectivity index (χ1v) is 13.7. The van der Waals surface area contributed by atoms with Crippen LogP contribution in [0, 0.1) is 5.92 Å². The van der Waals surface area contributed by atoms with Gasteiger partial charge in [0.2, 0.25) is 0 Å². The van der Waals surface area contributed by atoms with Crippen molar-refractivity contribution in [3.8, 4) is 11.3 Å². The second-order valence-corrected chi connectivity index (χ2v) is 11.4. The summed E-state index contributed by atoms with van der Waals surface area (Å²) in [5.41, 5.74) is 1.70. The third kappa shape index (κ3) is 7.78. The molecule has 198 valence electrons. The van der Waals surface area contributed by atoms with Crippen LogP contribution in [0.2, 0.25) is 5.02 Å². The Balaban J connectivity index is 1.34. The number of rotatable bonds is 10. The van der Waals surface area contributed by atoms with E-state index in [1.54, 1.807) is 13.3 Å². The highest BCUT2D eigenvalue weighted by Gasteiger charge is 2.28. The summed E-state index contributed by atoms with van der Waals surface area (Å²) in [6, 6.07) is 9.42. The molecule has 1 saturated carbocycles. The fourth-order valence-electron chi connectivity index (χ4n) is 5.49. The molecule has 4 rings (SSSR count). The zero-order valence-electron chi connectivity index (χ0n) is 22.1. The monoisotopic (exact) mass is 515 g/mol. The van der Waals surface area contributed by atoms with Crippen molar-refractivity contribution in [1.29, 1.82) is 0 Å². The normalized spacial score (nSPS) is 24.8. The first-order chi connectivity index (χ1) is 17.3. The molecule has 1 saturated heterocycles. The number of nitrogens with one attached hydrogen (secondary N) is 3. The number of methoxy groups -OCH3 is 1. The number of nitrogens with zero attached hydrogens (tertiary/aromatic N) is 2. The molecule has 2 aliphatic rings. The zero-order valence-corrected chi connectivity index (χ0v) is 22.9. The van der Waals surface area contributed by atoms with Gasteiger partial charge in [-0.3, -0.25) is 0 Å². The lowest BCUT2D eigenvalue weighted by molar-refractivity contribution is -0.0699. The van der Waals surface area contributed by atoms with Crippen molar-refractivity contribution in [1.82, 2.24) is 15.3 Å². The molecule has 3 N–H and O–H groups in total. The molecule has 2 atom stereocenters. The minimum atomic E-state index is -0.0496. The summed E-state index contributed by atoms with van der Waals surface area (Å²) >= 11 is 6.57. The first-order valence-electron chi connectivity index (χ1n) is 13.3. The Morgan fingerprint density at radius 3 is 2.67 bits per heavy atom. The highest BCUT2D eigenvalue weighted by atomic mass is 35.5. The summed E-state index contributed by atoms with van der Waals surface area (Å²) in [7, 11) is 1.75. The van der Waals surface area contributed by atoms with Crippen LogP contribution in [-0.2, 0) is 9.47 Å². The van der Waals surface area contributed by atoms with Gasteiger partial charge in [0.25, 0.3) is 0 Å². The van der Waals surface area contributed by atoms with Crippen LogP contribution in [0.1, 0.15) is 59.3 Å². The summed E-state index contributed by atoms with van der Waals surface area (Å²) in [5.74, 6) is 2.30. The maximum atomic E-state index is 6.57. The van der Waals surface area contributed by atoms with E-state index in [9.17, 15) is 0 Å². The fourth-order valence-corrected chi connectivity index (χ4v) is 5.69. The standard InChI is InChI=1S/C28H42ClN5O2/c1-19(18-35-4)32-21-8-10-22(11-9-21)33-27-14-23(24(29)17-31-27)25-6-5-7-26(34-25)30-16-20-12-13-36-28(2,3)15-20/h5-7,14,17,19-22,32H,8-13,15-16,18H2,1-4H3,(H,30,34)(H,31,33)/t19-,20?,21?,22?/m1/s1. The van der Waals surface area contributed by atoms with Gasteiger partial charge in [-0.15, -0.1) is 0 Å². The lowest BCUT2D eigenvalue weighted by Gasteiger charge is -2.35. The number of pyridine rings is 2. The molecule has 2 aromatic heterocycles. The Morgan fingerprint density at radius 1 is 1.14 bits per heavy atom. The van der Waals surface area contributed by atoms with Crippen molar-refractivity contribution in [3.63, 3.8) is 0 Å². The van der Waals surface area contributed by atoms with Gasteiger partial charge in [-0.05, 0) is 83.4 Å². The summed E-state index contributed by atoms with van der Waals surface area (Å²) in [5, 5.41) is 11.4. The number of hydrogen-bond donors (Lipinski definition) is 3. The van der Waals surface area contributed by atoms with Crippen LogP contribution in [0.3, 0.4) is 0 Å². The molecular weight excluding hydrogens is 474 g/mol. The average molecular weight is 516 g/mol. The topological polar surface area (TPSA) is 80.3 Å².